The average Bonchev–Trinajstić information content (AvgIpc) is 2.92. The van der Waals surface area contributed by atoms with Gasteiger partial charge in [0.15, 0.2) is 0 Å². The minimum atomic E-state index is 0.911. The summed E-state index contributed by atoms with van der Waals surface area (Å²) in [6, 6.07) is 23.8. The second kappa shape index (κ2) is 4.78. The Hall–Kier alpha value is -2.54. The summed E-state index contributed by atoms with van der Waals surface area (Å²) in [5.41, 5.74) is 5.37. The molecule has 1 aliphatic carbocycles. The van der Waals surface area contributed by atoms with Crippen LogP contribution < -0.4 is 0 Å². The van der Waals surface area contributed by atoms with Gasteiger partial charge < -0.3 is 4.57 Å². The number of nitrogens with zero attached hydrogens (tertiary/aromatic N) is 1. The highest BCUT2D eigenvalue weighted by molar-refractivity contribution is 6.02. The molecule has 1 heterocycles. The summed E-state index contributed by atoms with van der Waals surface area (Å²) in [5.74, 6) is 0. The largest absolute Gasteiger partial charge is 0.343 e. The van der Waals surface area contributed by atoms with Gasteiger partial charge in [-0.15, -0.1) is 0 Å². The molecule has 0 atom stereocenters. The van der Waals surface area contributed by atoms with Gasteiger partial charge >= 0.3 is 0 Å². The van der Waals surface area contributed by atoms with Crippen LogP contribution in [0.3, 0.4) is 0 Å². The van der Waals surface area contributed by atoms with E-state index >= 15 is 0 Å². The highest BCUT2D eigenvalue weighted by Gasteiger charge is 2.15. The summed E-state index contributed by atoms with van der Waals surface area (Å²) in [7, 11) is 0. The first-order valence-electron chi connectivity index (χ1n) is 7.34. The van der Waals surface area contributed by atoms with Gasteiger partial charge in [-0.05, 0) is 41.0 Å². The van der Waals surface area contributed by atoms with Gasteiger partial charge in [0.05, 0.1) is 0 Å². The van der Waals surface area contributed by atoms with Crippen molar-refractivity contribution in [1.82, 2.24) is 4.57 Å². The quantitative estimate of drug-likeness (QED) is 0.478. The Bertz CT molecular complexity index is 871. The molecule has 102 valence electrons. The molecule has 21 heavy (non-hydrogen) atoms. The Morgan fingerprint density at radius 3 is 2.48 bits per heavy atom. The van der Waals surface area contributed by atoms with Crippen LogP contribution in [0, 0.1) is 6.92 Å². The van der Waals surface area contributed by atoms with Crippen molar-refractivity contribution >= 4 is 10.8 Å². The van der Waals surface area contributed by atoms with Crippen LogP contribution in [0.25, 0.3) is 22.0 Å². The first-order valence-corrected chi connectivity index (χ1v) is 7.34. The smallest absolute Gasteiger partial charge is 0.0498 e. The molecule has 0 saturated heterocycles. The number of hydrogen-bond acceptors (Lipinski definition) is 0. The molecule has 0 aromatic heterocycles. The third-order valence-corrected chi connectivity index (χ3v) is 4.18. The van der Waals surface area contributed by atoms with Gasteiger partial charge in [-0.25, -0.2) is 0 Å². The summed E-state index contributed by atoms with van der Waals surface area (Å²) in [6.45, 7) is 3.11. The Morgan fingerprint density at radius 1 is 0.857 bits per heavy atom. The van der Waals surface area contributed by atoms with Gasteiger partial charge in [0.2, 0.25) is 0 Å². The zero-order chi connectivity index (χ0) is 14.2. The molecule has 1 aliphatic heterocycles. The number of aryl methyl sites for hydroxylation is 1. The Morgan fingerprint density at radius 2 is 1.62 bits per heavy atom. The summed E-state index contributed by atoms with van der Waals surface area (Å²) >= 11 is 0. The maximum atomic E-state index is 2.34. The van der Waals surface area contributed by atoms with Crippen LogP contribution in [-0.4, -0.2) is 4.57 Å². The Labute approximate surface area is 124 Å². The Kier molecular flexibility index (Phi) is 2.78. The number of aromatic nitrogens is 1. The van der Waals surface area contributed by atoms with Gasteiger partial charge in [0, 0.05) is 24.0 Å². The molecular formula is C20H17N. The molecule has 0 spiro atoms. The van der Waals surface area contributed by atoms with E-state index < -0.39 is 0 Å². The van der Waals surface area contributed by atoms with Crippen molar-refractivity contribution < 1.29 is 0 Å². The van der Waals surface area contributed by atoms with E-state index in [0.717, 1.165) is 6.54 Å². The first-order chi connectivity index (χ1) is 10.3. The summed E-state index contributed by atoms with van der Waals surface area (Å²) in [4.78, 5) is 0. The third-order valence-electron chi connectivity index (χ3n) is 4.18. The van der Waals surface area contributed by atoms with E-state index in [1.807, 2.05) is 0 Å². The predicted octanol–water partition coefficient (Wildman–Crippen LogP) is 5.10. The molecule has 0 saturated carbocycles. The first kappa shape index (κ1) is 12.2. The summed E-state index contributed by atoms with van der Waals surface area (Å²) in [6.07, 6.45) is 2.20. The van der Waals surface area contributed by atoms with Crippen molar-refractivity contribution in [2.24, 2.45) is 0 Å². The highest BCUT2D eigenvalue weighted by Crippen LogP contribution is 2.36. The number of rotatable bonds is 2. The molecule has 2 aliphatic rings. The van der Waals surface area contributed by atoms with Crippen LogP contribution in [0.5, 0.6) is 0 Å². The van der Waals surface area contributed by atoms with Crippen molar-refractivity contribution in [2.45, 2.75) is 13.5 Å². The second-order valence-corrected chi connectivity index (χ2v) is 5.60. The van der Waals surface area contributed by atoms with Crippen LogP contribution in [0.1, 0.15) is 11.1 Å². The molecule has 0 bridgehead atoms. The summed E-state index contributed by atoms with van der Waals surface area (Å²) < 4.78 is 2.34. The maximum Gasteiger partial charge on any atom is 0.0498 e. The molecule has 1 nitrogen and oxygen atoms in total. The molecule has 4 rings (SSSR count). The van der Waals surface area contributed by atoms with Crippen LogP contribution >= 0.6 is 0 Å². The monoisotopic (exact) mass is 271 g/mol. The van der Waals surface area contributed by atoms with Gasteiger partial charge in [0.25, 0.3) is 0 Å². The standard InChI is InChI=1S/C20H17N/c1-15-11-12-21(14-16-7-3-2-4-8-16)19-13-17-9-5-6-10-18(17)20(15)19/h2-13H,14H2,1H3. The number of hydrogen-bond donors (Lipinski definition) is 0. The maximum absolute atomic E-state index is 2.34. The van der Waals surface area contributed by atoms with Crippen LogP contribution in [0.15, 0.2) is 72.9 Å². The fourth-order valence-electron chi connectivity index (χ4n) is 3.13. The molecule has 0 fully saturated rings. The zero-order valence-corrected chi connectivity index (χ0v) is 12.1. The predicted molar refractivity (Wildman–Crippen MR) is 88.8 cm³/mol. The highest BCUT2D eigenvalue weighted by atomic mass is 15.0. The topological polar surface area (TPSA) is 4.93 Å². The lowest BCUT2D eigenvalue weighted by molar-refractivity contribution is 0.799. The third kappa shape index (κ3) is 2.02. The molecule has 2 aromatic rings. The lowest BCUT2D eigenvalue weighted by Gasteiger charge is -2.15. The van der Waals surface area contributed by atoms with Crippen LogP contribution in [0.4, 0.5) is 0 Å². The fraction of sp³-hybridized carbons (Fsp3) is 0.100. The van der Waals surface area contributed by atoms with E-state index in [2.05, 4.69) is 84.4 Å². The molecule has 1 heteroatoms. The molecule has 2 aromatic carbocycles. The fourth-order valence-corrected chi connectivity index (χ4v) is 3.13. The number of pyridine rings is 1. The molecule has 0 unspecified atom stereocenters. The number of fused-ring (bicyclic) bond motifs is 3. The van der Waals surface area contributed by atoms with Crippen molar-refractivity contribution in [3.63, 3.8) is 0 Å². The van der Waals surface area contributed by atoms with Crippen molar-refractivity contribution in [2.75, 3.05) is 0 Å². The van der Waals surface area contributed by atoms with Gasteiger partial charge in [0.1, 0.15) is 0 Å². The van der Waals surface area contributed by atoms with Gasteiger partial charge in [-0.3, -0.25) is 0 Å². The Balaban J connectivity index is 1.91. The molecule has 0 radical (unpaired) electrons. The second-order valence-electron chi connectivity index (χ2n) is 5.60. The van der Waals surface area contributed by atoms with E-state index in [4.69, 9.17) is 0 Å². The molecular weight excluding hydrogens is 254 g/mol. The van der Waals surface area contributed by atoms with Gasteiger partial charge in [-0.2, -0.15) is 0 Å². The SMILES string of the molecule is Cc1ccn(Cc2ccccc2)c2cc3ccccc3c1-2. The van der Waals surface area contributed by atoms with E-state index in [9.17, 15) is 0 Å². The summed E-state index contributed by atoms with van der Waals surface area (Å²) in [5, 5.41) is 2.68. The van der Waals surface area contributed by atoms with E-state index in [1.54, 1.807) is 0 Å². The van der Waals surface area contributed by atoms with Crippen molar-refractivity contribution in [1.29, 1.82) is 0 Å². The number of benzene rings is 2. The van der Waals surface area contributed by atoms with Crippen LogP contribution in [-0.2, 0) is 6.54 Å². The van der Waals surface area contributed by atoms with Crippen molar-refractivity contribution in [3.05, 3.63) is 84.1 Å². The average molecular weight is 271 g/mol. The van der Waals surface area contributed by atoms with E-state index in [0.29, 0.717) is 0 Å². The van der Waals surface area contributed by atoms with Gasteiger partial charge in [-0.1, -0.05) is 54.6 Å². The minimum absolute atomic E-state index is 0.911. The molecule has 0 amide bonds. The van der Waals surface area contributed by atoms with Crippen LogP contribution in [0.2, 0.25) is 0 Å². The van der Waals surface area contributed by atoms with Crippen molar-refractivity contribution in [3.8, 4) is 11.3 Å². The molecule has 0 N–H and O–H groups in total. The van der Waals surface area contributed by atoms with E-state index in [-0.39, 0.29) is 0 Å². The zero-order valence-electron chi connectivity index (χ0n) is 12.1. The normalized spacial score (nSPS) is 11.3. The lowest BCUT2D eigenvalue weighted by atomic mass is 10.1. The lowest BCUT2D eigenvalue weighted by Crippen LogP contribution is -2.04. The van der Waals surface area contributed by atoms with E-state index in [1.165, 1.54) is 33.2 Å². The minimum Gasteiger partial charge on any atom is -0.343 e.